The van der Waals surface area contributed by atoms with E-state index in [1.54, 1.807) is 23.3 Å². The molecule has 0 fully saturated rings. The minimum absolute atomic E-state index is 0.217. The van der Waals surface area contributed by atoms with Gasteiger partial charge < -0.3 is 15.0 Å². The minimum atomic E-state index is -1.03. The van der Waals surface area contributed by atoms with Gasteiger partial charge in [-0.15, -0.1) is 0 Å². The number of carbonyl (C=O) groups is 2. The highest BCUT2D eigenvalue weighted by Crippen LogP contribution is 2.04. The summed E-state index contributed by atoms with van der Waals surface area (Å²) in [6.07, 6.45) is 5.49. The van der Waals surface area contributed by atoms with Crippen LogP contribution in [-0.4, -0.2) is 32.6 Å². The van der Waals surface area contributed by atoms with E-state index in [4.69, 9.17) is 0 Å². The summed E-state index contributed by atoms with van der Waals surface area (Å²) >= 11 is 0. The highest BCUT2D eigenvalue weighted by Gasteiger charge is 2.20. The van der Waals surface area contributed by atoms with E-state index in [-0.39, 0.29) is 18.7 Å². The average Bonchev–Trinajstić information content (AvgIpc) is 2.99. The second-order valence-electron chi connectivity index (χ2n) is 4.70. The summed E-state index contributed by atoms with van der Waals surface area (Å²) in [6.45, 7) is 0.476. The van der Waals surface area contributed by atoms with Crippen LogP contribution in [0, 0.1) is 0 Å². The summed E-state index contributed by atoms with van der Waals surface area (Å²) in [5.41, 5.74) is 0.875. The minimum Gasteiger partial charge on any atom is -0.480 e. The summed E-state index contributed by atoms with van der Waals surface area (Å²) in [5.74, 6) is -1.32. The average molecular weight is 287 g/mol. The van der Waals surface area contributed by atoms with E-state index < -0.39 is 12.0 Å². The first kappa shape index (κ1) is 14.8. The smallest absolute Gasteiger partial charge is 0.326 e. The topological polar surface area (TPSA) is 84.2 Å². The molecule has 0 saturated carbocycles. The van der Waals surface area contributed by atoms with E-state index in [9.17, 15) is 14.7 Å². The van der Waals surface area contributed by atoms with Crippen molar-refractivity contribution in [2.75, 3.05) is 0 Å². The molecule has 0 unspecified atom stereocenters. The Morgan fingerprint density at radius 1 is 1.29 bits per heavy atom. The fraction of sp³-hybridized carbons (Fsp3) is 0.267. The number of amides is 1. The molecule has 0 bridgehead atoms. The van der Waals surface area contributed by atoms with Crippen molar-refractivity contribution in [2.45, 2.75) is 25.4 Å². The molecule has 2 rings (SSSR count). The van der Waals surface area contributed by atoms with Crippen molar-refractivity contribution < 1.29 is 14.7 Å². The molecule has 0 aliphatic carbocycles. The van der Waals surface area contributed by atoms with Crippen LogP contribution in [-0.2, 0) is 22.6 Å². The number of aliphatic carboxylic acids is 1. The van der Waals surface area contributed by atoms with Crippen molar-refractivity contribution in [3.8, 4) is 0 Å². The van der Waals surface area contributed by atoms with E-state index in [1.165, 1.54) is 0 Å². The predicted octanol–water partition coefficient (Wildman–Crippen LogP) is 1.09. The number of rotatable bonds is 7. The molecule has 0 aliphatic rings. The van der Waals surface area contributed by atoms with E-state index in [1.807, 2.05) is 30.3 Å². The number of imidazole rings is 1. The van der Waals surface area contributed by atoms with Crippen molar-refractivity contribution in [3.63, 3.8) is 0 Å². The molecule has 1 aromatic carbocycles. The van der Waals surface area contributed by atoms with Crippen LogP contribution in [0.2, 0.25) is 0 Å². The van der Waals surface area contributed by atoms with Gasteiger partial charge in [-0.2, -0.15) is 0 Å². The Morgan fingerprint density at radius 2 is 2.05 bits per heavy atom. The third kappa shape index (κ3) is 4.76. The molecule has 2 aromatic rings. The van der Waals surface area contributed by atoms with Gasteiger partial charge in [-0.1, -0.05) is 30.3 Å². The molecule has 6 heteroatoms. The maximum Gasteiger partial charge on any atom is 0.326 e. The zero-order chi connectivity index (χ0) is 15.1. The van der Waals surface area contributed by atoms with Crippen molar-refractivity contribution in [1.29, 1.82) is 0 Å². The number of carbonyl (C=O) groups excluding carboxylic acids is 1. The van der Waals surface area contributed by atoms with E-state index in [2.05, 4.69) is 10.3 Å². The molecule has 1 aromatic heterocycles. The number of aromatic nitrogens is 2. The van der Waals surface area contributed by atoms with Gasteiger partial charge in [0, 0.05) is 31.8 Å². The van der Waals surface area contributed by atoms with Gasteiger partial charge >= 0.3 is 5.97 Å². The SMILES string of the molecule is O=C(CCn1ccnc1)N[C@H](Cc1ccccc1)C(=O)O. The molecule has 21 heavy (non-hydrogen) atoms. The fourth-order valence-electron chi connectivity index (χ4n) is 1.97. The lowest BCUT2D eigenvalue weighted by atomic mass is 10.1. The molecular weight excluding hydrogens is 270 g/mol. The molecule has 2 N–H and O–H groups in total. The monoisotopic (exact) mass is 287 g/mol. The first-order chi connectivity index (χ1) is 10.1. The predicted molar refractivity (Wildman–Crippen MR) is 76.6 cm³/mol. The third-order valence-electron chi connectivity index (χ3n) is 3.07. The third-order valence-corrected chi connectivity index (χ3v) is 3.07. The normalized spacial score (nSPS) is 11.8. The molecule has 0 radical (unpaired) electrons. The molecular formula is C15H17N3O3. The van der Waals surface area contributed by atoms with E-state index in [0.717, 1.165) is 5.56 Å². The van der Waals surface area contributed by atoms with Crippen LogP contribution in [0.4, 0.5) is 0 Å². The van der Waals surface area contributed by atoms with Gasteiger partial charge in [0.1, 0.15) is 6.04 Å². The van der Waals surface area contributed by atoms with Crippen molar-refractivity contribution in [1.82, 2.24) is 14.9 Å². The fourth-order valence-corrected chi connectivity index (χ4v) is 1.97. The van der Waals surface area contributed by atoms with E-state index >= 15 is 0 Å². The molecule has 0 spiro atoms. The van der Waals surface area contributed by atoms with Crippen LogP contribution in [0.5, 0.6) is 0 Å². The second-order valence-corrected chi connectivity index (χ2v) is 4.70. The van der Waals surface area contributed by atoms with Gasteiger partial charge in [0.05, 0.1) is 6.33 Å². The van der Waals surface area contributed by atoms with Crippen molar-refractivity contribution in [2.24, 2.45) is 0 Å². The molecule has 110 valence electrons. The molecule has 1 atom stereocenters. The zero-order valence-electron chi connectivity index (χ0n) is 11.5. The maximum atomic E-state index is 11.8. The van der Waals surface area contributed by atoms with Gasteiger partial charge in [-0.05, 0) is 5.56 Å². The molecule has 6 nitrogen and oxygen atoms in total. The Morgan fingerprint density at radius 3 is 2.67 bits per heavy atom. The number of aryl methyl sites for hydroxylation is 1. The van der Waals surface area contributed by atoms with Gasteiger partial charge in [-0.3, -0.25) is 4.79 Å². The lowest BCUT2D eigenvalue weighted by Crippen LogP contribution is -2.42. The van der Waals surface area contributed by atoms with E-state index in [0.29, 0.717) is 6.54 Å². The first-order valence-corrected chi connectivity index (χ1v) is 6.67. The molecule has 0 aliphatic heterocycles. The number of nitrogens with zero attached hydrogens (tertiary/aromatic N) is 2. The Labute approximate surface area is 122 Å². The lowest BCUT2D eigenvalue weighted by Gasteiger charge is -2.14. The summed E-state index contributed by atoms with van der Waals surface area (Å²) < 4.78 is 1.77. The zero-order valence-corrected chi connectivity index (χ0v) is 11.5. The molecule has 1 heterocycles. The Kier molecular flexibility index (Phi) is 5.09. The number of benzene rings is 1. The number of nitrogens with one attached hydrogen (secondary N) is 1. The number of hydrogen-bond acceptors (Lipinski definition) is 3. The molecule has 0 saturated heterocycles. The summed E-state index contributed by atoms with van der Waals surface area (Å²) in [7, 11) is 0. The van der Waals surface area contributed by atoms with Gasteiger partial charge in [0.15, 0.2) is 0 Å². The van der Waals surface area contributed by atoms with Gasteiger partial charge in [-0.25, -0.2) is 9.78 Å². The van der Waals surface area contributed by atoms with Crippen LogP contribution in [0.3, 0.4) is 0 Å². The first-order valence-electron chi connectivity index (χ1n) is 6.67. The Hall–Kier alpha value is -2.63. The van der Waals surface area contributed by atoms with Crippen LogP contribution in [0.25, 0.3) is 0 Å². The molecule has 1 amide bonds. The summed E-state index contributed by atoms with van der Waals surface area (Å²) in [6, 6.07) is 8.32. The Balaban J connectivity index is 1.87. The van der Waals surface area contributed by atoms with Gasteiger partial charge in [0.25, 0.3) is 0 Å². The van der Waals surface area contributed by atoms with Crippen molar-refractivity contribution in [3.05, 3.63) is 54.6 Å². The quantitative estimate of drug-likeness (QED) is 0.798. The second kappa shape index (κ2) is 7.23. The van der Waals surface area contributed by atoms with Crippen molar-refractivity contribution >= 4 is 11.9 Å². The number of hydrogen-bond donors (Lipinski definition) is 2. The lowest BCUT2D eigenvalue weighted by molar-refractivity contribution is -0.141. The van der Waals surface area contributed by atoms with Crippen LogP contribution >= 0.6 is 0 Å². The largest absolute Gasteiger partial charge is 0.480 e. The number of carboxylic acids is 1. The van der Waals surface area contributed by atoms with Crippen LogP contribution in [0.1, 0.15) is 12.0 Å². The maximum absolute atomic E-state index is 11.8. The standard InChI is InChI=1S/C15H17N3O3/c19-14(6-8-18-9-7-16-11-18)17-13(15(20)21)10-12-4-2-1-3-5-12/h1-5,7,9,11,13H,6,8,10H2,(H,17,19)(H,20,21)/t13-/m1/s1. The summed E-state index contributed by atoms with van der Waals surface area (Å²) in [4.78, 5) is 27.0. The highest BCUT2D eigenvalue weighted by atomic mass is 16.4. The van der Waals surface area contributed by atoms with Crippen LogP contribution < -0.4 is 5.32 Å². The van der Waals surface area contributed by atoms with Crippen LogP contribution in [0.15, 0.2) is 49.1 Å². The Bertz CT molecular complexity index is 581. The highest BCUT2D eigenvalue weighted by molar-refractivity contribution is 5.83. The van der Waals surface area contributed by atoms with Gasteiger partial charge in [0.2, 0.25) is 5.91 Å². The number of carboxylic acid groups (broad SMARTS) is 1. The summed E-state index contributed by atoms with van der Waals surface area (Å²) in [5, 5.41) is 11.8.